The molecule has 0 aliphatic heterocycles. The summed E-state index contributed by atoms with van der Waals surface area (Å²) in [6.45, 7) is 12.9. The number of nitrogens with one attached hydrogen (secondary N) is 2. The fourth-order valence-corrected chi connectivity index (χ4v) is 2.83. The molecule has 27 heavy (non-hydrogen) atoms. The van der Waals surface area contributed by atoms with Gasteiger partial charge < -0.3 is 15.4 Å². The van der Waals surface area contributed by atoms with E-state index in [0.717, 1.165) is 43.6 Å². The van der Waals surface area contributed by atoms with Gasteiger partial charge in [0, 0.05) is 18.7 Å². The highest BCUT2D eigenvalue weighted by Gasteiger charge is 2.07. The molecule has 2 rings (SSSR count). The van der Waals surface area contributed by atoms with Crippen molar-refractivity contribution in [3.63, 3.8) is 0 Å². The van der Waals surface area contributed by atoms with Crippen LogP contribution in [0.3, 0.4) is 0 Å². The first kappa shape index (κ1) is 21.5. The van der Waals surface area contributed by atoms with Gasteiger partial charge in [0.25, 0.3) is 0 Å². The molecule has 0 fully saturated rings. The molecule has 0 radical (unpaired) electrons. The van der Waals surface area contributed by atoms with Gasteiger partial charge in [-0.05, 0) is 67.6 Å². The number of ether oxygens (including phenoxy) is 1. The van der Waals surface area contributed by atoms with E-state index in [-0.39, 0.29) is 0 Å². The van der Waals surface area contributed by atoms with Gasteiger partial charge >= 0.3 is 0 Å². The molecule has 0 amide bonds. The van der Waals surface area contributed by atoms with E-state index in [9.17, 15) is 0 Å². The molecule has 0 bridgehead atoms. The average molecular weight is 369 g/mol. The van der Waals surface area contributed by atoms with Gasteiger partial charge in [-0.2, -0.15) is 0 Å². The van der Waals surface area contributed by atoms with Crippen molar-refractivity contribution < 1.29 is 4.74 Å². The summed E-state index contributed by atoms with van der Waals surface area (Å²) in [5, 5.41) is 7.12. The fourth-order valence-electron chi connectivity index (χ4n) is 2.83. The summed E-state index contributed by atoms with van der Waals surface area (Å²) in [5.74, 6) is 3.27. The van der Waals surface area contributed by atoms with Crippen molar-refractivity contribution in [2.75, 3.05) is 13.1 Å². The SMILES string of the molecule is CC(C)CCNCc1ccc(Oc2ccccc2)c(CNCCC(C)C)c1. The quantitative estimate of drug-likeness (QED) is 0.468. The van der Waals surface area contributed by atoms with Crippen molar-refractivity contribution in [3.8, 4) is 11.5 Å². The second-order valence-electron chi connectivity index (χ2n) is 8.08. The van der Waals surface area contributed by atoms with Crippen LogP contribution in [0, 0.1) is 11.8 Å². The van der Waals surface area contributed by atoms with E-state index in [1.165, 1.54) is 24.0 Å². The second kappa shape index (κ2) is 11.8. The summed E-state index contributed by atoms with van der Waals surface area (Å²) in [5.41, 5.74) is 2.52. The third kappa shape index (κ3) is 8.59. The maximum absolute atomic E-state index is 6.14. The highest BCUT2D eigenvalue weighted by molar-refractivity contribution is 5.40. The summed E-state index contributed by atoms with van der Waals surface area (Å²) < 4.78 is 6.14. The molecule has 2 aromatic rings. The molecule has 0 aliphatic carbocycles. The normalized spacial score (nSPS) is 11.3. The Bertz CT molecular complexity index is 653. The van der Waals surface area contributed by atoms with Crippen LogP contribution in [0.15, 0.2) is 48.5 Å². The van der Waals surface area contributed by atoms with Gasteiger partial charge in [0.1, 0.15) is 11.5 Å². The molecule has 0 unspecified atom stereocenters. The fraction of sp³-hybridized carbons (Fsp3) is 0.500. The summed E-state index contributed by atoms with van der Waals surface area (Å²) >= 11 is 0. The summed E-state index contributed by atoms with van der Waals surface area (Å²) in [4.78, 5) is 0. The van der Waals surface area contributed by atoms with Gasteiger partial charge in [0.15, 0.2) is 0 Å². The first-order chi connectivity index (χ1) is 13.0. The Morgan fingerprint density at radius 1 is 0.778 bits per heavy atom. The van der Waals surface area contributed by atoms with Gasteiger partial charge in [0.05, 0.1) is 0 Å². The Morgan fingerprint density at radius 3 is 2.04 bits per heavy atom. The van der Waals surface area contributed by atoms with Crippen LogP contribution in [0.5, 0.6) is 11.5 Å². The van der Waals surface area contributed by atoms with E-state index >= 15 is 0 Å². The van der Waals surface area contributed by atoms with Crippen LogP contribution in [0.1, 0.15) is 51.7 Å². The van der Waals surface area contributed by atoms with Crippen molar-refractivity contribution in [1.82, 2.24) is 10.6 Å². The van der Waals surface area contributed by atoms with Crippen molar-refractivity contribution >= 4 is 0 Å². The summed E-state index contributed by atoms with van der Waals surface area (Å²) in [6, 6.07) is 16.5. The summed E-state index contributed by atoms with van der Waals surface area (Å²) in [6.07, 6.45) is 2.39. The first-order valence-corrected chi connectivity index (χ1v) is 10.3. The molecule has 0 aliphatic rings. The Hall–Kier alpha value is -1.84. The lowest BCUT2D eigenvalue weighted by Crippen LogP contribution is -2.18. The first-order valence-electron chi connectivity index (χ1n) is 10.3. The Balaban J connectivity index is 2.02. The smallest absolute Gasteiger partial charge is 0.131 e. The van der Waals surface area contributed by atoms with Crippen LogP contribution in [0.2, 0.25) is 0 Å². The lowest BCUT2D eigenvalue weighted by atomic mass is 10.1. The van der Waals surface area contributed by atoms with E-state index in [1.54, 1.807) is 0 Å². The van der Waals surface area contributed by atoms with E-state index in [0.29, 0.717) is 5.92 Å². The average Bonchev–Trinajstić information content (AvgIpc) is 2.64. The van der Waals surface area contributed by atoms with Crippen molar-refractivity contribution in [3.05, 3.63) is 59.7 Å². The minimum atomic E-state index is 0.717. The molecule has 0 atom stereocenters. The highest BCUT2D eigenvalue weighted by Crippen LogP contribution is 2.26. The summed E-state index contributed by atoms with van der Waals surface area (Å²) in [7, 11) is 0. The van der Waals surface area contributed by atoms with Crippen molar-refractivity contribution in [2.24, 2.45) is 11.8 Å². The minimum Gasteiger partial charge on any atom is -0.457 e. The van der Waals surface area contributed by atoms with Crippen molar-refractivity contribution in [1.29, 1.82) is 0 Å². The number of hydrogen-bond donors (Lipinski definition) is 2. The van der Waals surface area contributed by atoms with Crippen LogP contribution in [-0.2, 0) is 13.1 Å². The van der Waals surface area contributed by atoms with Crippen molar-refractivity contribution in [2.45, 2.75) is 53.6 Å². The molecule has 2 aromatic carbocycles. The third-order valence-electron chi connectivity index (χ3n) is 4.54. The molecule has 3 heteroatoms. The number of benzene rings is 2. The monoisotopic (exact) mass is 368 g/mol. The van der Waals surface area contributed by atoms with E-state index in [4.69, 9.17) is 4.74 Å². The zero-order valence-electron chi connectivity index (χ0n) is 17.4. The topological polar surface area (TPSA) is 33.3 Å². The Morgan fingerprint density at radius 2 is 1.41 bits per heavy atom. The van der Waals surface area contributed by atoms with Gasteiger partial charge in [0.2, 0.25) is 0 Å². The predicted molar refractivity (Wildman–Crippen MR) is 115 cm³/mol. The number of para-hydroxylation sites is 1. The molecule has 0 saturated heterocycles. The molecule has 0 aromatic heterocycles. The largest absolute Gasteiger partial charge is 0.457 e. The minimum absolute atomic E-state index is 0.717. The van der Waals surface area contributed by atoms with Crippen LogP contribution in [-0.4, -0.2) is 13.1 Å². The Kier molecular flexibility index (Phi) is 9.37. The van der Waals surface area contributed by atoms with E-state index in [2.05, 4.69) is 56.5 Å². The molecule has 0 spiro atoms. The molecule has 2 N–H and O–H groups in total. The maximum Gasteiger partial charge on any atom is 0.131 e. The van der Waals surface area contributed by atoms with Crippen LogP contribution >= 0.6 is 0 Å². The zero-order valence-corrected chi connectivity index (χ0v) is 17.4. The molecular weight excluding hydrogens is 332 g/mol. The standard InChI is InChI=1S/C24H36N2O/c1-19(2)12-14-25-17-21-10-11-24(27-23-8-6-5-7-9-23)22(16-21)18-26-15-13-20(3)4/h5-11,16,19-20,25-26H,12-15,17-18H2,1-4H3. The highest BCUT2D eigenvalue weighted by atomic mass is 16.5. The third-order valence-corrected chi connectivity index (χ3v) is 4.54. The van der Waals surface area contributed by atoms with E-state index in [1.807, 2.05) is 30.3 Å². The van der Waals surface area contributed by atoms with Gasteiger partial charge in [-0.1, -0.05) is 52.0 Å². The molecule has 148 valence electrons. The molecule has 3 nitrogen and oxygen atoms in total. The van der Waals surface area contributed by atoms with Crippen LogP contribution < -0.4 is 15.4 Å². The maximum atomic E-state index is 6.14. The predicted octanol–water partition coefficient (Wildman–Crippen LogP) is 5.75. The van der Waals surface area contributed by atoms with Crippen LogP contribution in [0.25, 0.3) is 0 Å². The number of hydrogen-bond acceptors (Lipinski definition) is 3. The second-order valence-corrected chi connectivity index (χ2v) is 8.08. The lowest BCUT2D eigenvalue weighted by molar-refractivity contribution is 0.469. The molecular formula is C24H36N2O. The van der Waals surface area contributed by atoms with E-state index < -0.39 is 0 Å². The Labute approximate surface area is 165 Å². The lowest BCUT2D eigenvalue weighted by Gasteiger charge is -2.15. The molecule has 0 saturated carbocycles. The molecule has 0 heterocycles. The zero-order chi connectivity index (χ0) is 19.5. The van der Waals surface area contributed by atoms with Gasteiger partial charge in [-0.3, -0.25) is 0 Å². The van der Waals surface area contributed by atoms with Gasteiger partial charge in [-0.25, -0.2) is 0 Å². The van der Waals surface area contributed by atoms with Gasteiger partial charge in [-0.15, -0.1) is 0 Å². The van der Waals surface area contributed by atoms with Crippen LogP contribution in [0.4, 0.5) is 0 Å². The number of rotatable bonds is 12.